The van der Waals surface area contributed by atoms with Crippen molar-refractivity contribution < 1.29 is 13.2 Å². The first kappa shape index (κ1) is 19.2. The van der Waals surface area contributed by atoms with E-state index in [9.17, 15) is 13.2 Å². The van der Waals surface area contributed by atoms with E-state index in [2.05, 4.69) is 21.2 Å². The molecule has 2 aromatic rings. The highest BCUT2D eigenvalue weighted by Gasteiger charge is 2.22. The molecule has 2 aromatic carbocycles. The van der Waals surface area contributed by atoms with Crippen molar-refractivity contribution in [2.24, 2.45) is 0 Å². The van der Waals surface area contributed by atoms with Gasteiger partial charge in [-0.1, -0.05) is 23.2 Å². The summed E-state index contributed by atoms with van der Waals surface area (Å²) in [5.74, 6) is -0.498. The first-order valence-corrected chi connectivity index (χ1v) is 9.60. The van der Waals surface area contributed by atoms with E-state index in [1.165, 1.54) is 38.4 Å². The smallest absolute Gasteiger partial charge is 0.255 e. The Bertz CT molecular complexity index is 902. The lowest BCUT2D eigenvalue weighted by Gasteiger charge is -2.14. The highest BCUT2D eigenvalue weighted by atomic mass is 79.9. The molecule has 0 aromatic heterocycles. The van der Waals surface area contributed by atoms with Gasteiger partial charge in [0.15, 0.2) is 0 Å². The average Bonchev–Trinajstić information content (AvgIpc) is 2.50. The number of nitrogens with zero attached hydrogens (tertiary/aromatic N) is 1. The van der Waals surface area contributed by atoms with Gasteiger partial charge in [-0.3, -0.25) is 4.79 Å². The van der Waals surface area contributed by atoms with Crippen LogP contribution in [0.25, 0.3) is 0 Å². The Morgan fingerprint density at radius 1 is 1.12 bits per heavy atom. The van der Waals surface area contributed by atoms with Crippen LogP contribution in [-0.4, -0.2) is 32.7 Å². The second-order valence-electron chi connectivity index (χ2n) is 5.01. The largest absolute Gasteiger partial charge is 0.321 e. The molecule has 0 radical (unpaired) electrons. The summed E-state index contributed by atoms with van der Waals surface area (Å²) in [7, 11) is -0.858. The van der Waals surface area contributed by atoms with Crippen LogP contribution in [0.4, 0.5) is 5.69 Å². The number of sulfonamides is 1. The predicted octanol–water partition coefficient (Wildman–Crippen LogP) is 4.26. The molecule has 0 aliphatic carbocycles. The third-order valence-corrected chi connectivity index (χ3v) is 6.50. The Morgan fingerprint density at radius 3 is 2.42 bits per heavy atom. The second kappa shape index (κ2) is 7.41. The van der Waals surface area contributed by atoms with Gasteiger partial charge in [0.25, 0.3) is 5.91 Å². The quantitative estimate of drug-likeness (QED) is 0.755. The first-order valence-electron chi connectivity index (χ1n) is 6.61. The summed E-state index contributed by atoms with van der Waals surface area (Å²) < 4.78 is 26.1. The van der Waals surface area contributed by atoms with Crippen molar-refractivity contribution in [3.63, 3.8) is 0 Å². The van der Waals surface area contributed by atoms with Gasteiger partial charge in [-0.25, -0.2) is 12.7 Å². The summed E-state index contributed by atoms with van der Waals surface area (Å²) in [6.07, 6.45) is 0. The number of carbonyl (C=O) groups excluding carboxylic acids is 1. The van der Waals surface area contributed by atoms with E-state index < -0.39 is 15.9 Å². The van der Waals surface area contributed by atoms with E-state index in [1.807, 2.05) is 0 Å². The van der Waals surface area contributed by atoms with Gasteiger partial charge in [0.2, 0.25) is 10.0 Å². The van der Waals surface area contributed by atoms with Crippen molar-refractivity contribution in [2.75, 3.05) is 19.4 Å². The molecule has 0 saturated heterocycles. The zero-order chi connectivity index (χ0) is 18.1. The normalized spacial score (nSPS) is 11.6. The Kier molecular flexibility index (Phi) is 5.93. The Labute approximate surface area is 158 Å². The SMILES string of the molecule is CN(C)S(=O)(=O)c1cc(C(=O)Nc2cc(Cl)ccc2Cl)ccc1Br. The van der Waals surface area contributed by atoms with Gasteiger partial charge in [-0.2, -0.15) is 0 Å². The zero-order valence-electron chi connectivity index (χ0n) is 12.7. The summed E-state index contributed by atoms with van der Waals surface area (Å²) in [5, 5.41) is 3.36. The van der Waals surface area contributed by atoms with E-state index in [0.29, 0.717) is 20.2 Å². The van der Waals surface area contributed by atoms with Gasteiger partial charge in [0.05, 0.1) is 15.6 Å². The molecule has 0 bridgehead atoms. The predicted molar refractivity (Wildman–Crippen MR) is 99.4 cm³/mol. The molecule has 1 amide bonds. The number of amides is 1. The van der Waals surface area contributed by atoms with Crippen LogP contribution in [0.5, 0.6) is 0 Å². The number of benzene rings is 2. The van der Waals surface area contributed by atoms with Crippen LogP contribution >= 0.6 is 39.1 Å². The molecular weight excluding hydrogens is 439 g/mol. The zero-order valence-corrected chi connectivity index (χ0v) is 16.6. The van der Waals surface area contributed by atoms with E-state index in [0.717, 1.165) is 4.31 Å². The maximum atomic E-state index is 12.4. The van der Waals surface area contributed by atoms with Crippen LogP contribution < -0.4 is 5.32 Å². The van der Waals surface area contributed by atoms with Crippen LogP contribution in [0, 0.1) is 0 Å². The van der Waals surface area contributed by atoms with Gasteiger partial charge in [-0.05, 0) is 52.3 Å². The number of rotatable bonds is 4. The molecule has 0 fully saturated rings. The molecule has 0 atom stereocenters. The number of hydrogen-bond acceptors (Lipinski definition) is 3. The molecule has 5 nitrogen and oxygen atoms in total. The summed E-state index contributed by atoms with van der Waals surface area (Å²) in [4.78, 5) is 12.4. The van der Waals surface area contributed by atoms with Gasteiger partial charge >= 0.3 is 0 Å². The molecule has 0 aliphatic heterocycles. The van der Waals surface area contributed by atoms with Gasteiger partial charge in [-0.15, -0.1) is 0 Å². The third kappa shape index (κ3) is 4.10. The number of anilines is 1. The van der Waals surface area contributed by atoms with Crippen molar-refractivity contribution in [3.8, 4) is 0 Å². The first-order chi connectivity index (χ1) is 11.1. The minimum absolute atomic E-state index is 0.00246. The van der Waals surface area contributed by atoms with Crippen molar-refractivity contribution >= 4 is 60.7 Å². The molecule has 0 heterocycles. The van der Waals surface area contributed by atoms with E-state index >= 15 is 0 Å². The van der Waals surface area contributed by atoms with Crippen molar-refractivity contribution in [1.82, 2.24) is 4.31 Å². The fourth-order valence-electron chi connectivity index (χ4n) is 1.83. The molecule has 24 heavy (non-hydrogen) atoms. The highest BCUT2D eigenvalue weighted by molar-refractivity contribution is 9.10. The lowest BCUT2D eigenvalue weighted by Crippen LogP contribution is -2.23. The number of carbonyl (C=O) groups is 1. The number of nitrogens with one attached hydrogen (secondary N) is 1. The summed E-state index contributed by atoms with van der Waals surface area (Å²) in [6.45, 7) is 0. The standard InChI is InChI=1S/C15H13BrCl2N2O3S/c1-20(2)24(22,23)14-7-9(3-5-11(14)16)15(21)19-13-8-10(17)4-6-12(13)18/h3-8H,1-2H3,(H,19,21). The third-order valence-electron chi connectivity index (χ3n) is 3.13. The Morgan fingerprint density at radius 2 is 1.79 bits per heavy atom. The van der Waals surface area contributed by atoms with Crippen LogP contribution in [0.2, 0.25) is 10.0 Å². The average molecular weight is 452 g/mol. The van der Waals surface area contributed by atoms with Gasteiger partial charge < -0.3 is 5.32 Å². The maximum absolute atomic E-state index is 12.4. The van der Waals surface area contributed by atoms with E-state index in [-0.39, 0.29) is 10.5 Å². The minimum atomic E-state index is -3.69. The van der Waals surface area contributed by atoms with Crippen molar-refractivity contribution in [2.45, 2.75) is 4.90 Å². The molecule has 2 rings (SSSR count). The fourth-order valence-corrected chi connectivity index (χ4v) is 4.01. The molecule has 0 aliphatic rings. The van der Waals surface area contributed by atoms with Gasteiger partial charge in [0, 0.05) is 29.2 Å². The monoisotopic (exact) mass is 450 g/mol. The topological polar surface area (TPSA) is 66.5 Å². The molecule has 0 spiro atoms. The lowest BCUT2D eigenvalue weighted by molar-refractivity contribution is 0.102. The van der Waals surface area contributed by atoms with Crippen LogP contribution in [-0.2, 0) is 10.0 Å². The second-order valence-corrected chi connectivity index (χ2v) is 8.83. The van der Waals surface area contributed by atoms with Crippen molar-refractivity contribution in [1.29, 1.82) is 0 Å². The fraction of sp³-hybridized carbons (Fsp3) is 0.133. The van der Waals surface area contributed by atoms with Crippen LogP contribution in [0.1, 0.15) is 10.4 Å². The van der Waals surface area contributed by atoms with Gasteiger partial charge in [0.1, 0.15) is 0 Å². The van der Waals surface area contributed by atoms with Crippen LogP contribution in [0.15, 0.2) is 45.8 Å². The highest BCUT2D eigenvalue weighted by Crippen LogP contribution is 2.28. The molecule has 0 unspecified atom stereocenters. The molecule has 128 valence electrons. The van der Waals surface area contributed by atoms with Crippen LogP contribution in [0.3, 0.4) is 0 Å². The summed E-state index contributed by atoms with van der Waals surface area (Å²) in [6, 6.07) is 8.98. The molecule has 9 heteroatoms. The summed E-state index contributed by atoms with van der Waals surface area (Å²) >= 11 is 15.1. The lowest BCUT2D eigenvalue weighted by atomic mass is 10.2. The Balaban J connectivity index is 2.39. The molecule has 1 N–H and O–H groups in total. The van der Waals surface area contributed by atoms with E-state index in [4.69, 9.17) is 23.2 Å². The van der Waals surface area contributed by atoms with E-state index in [1.54, 1.807) is 12.1 Å². The summed E-state index contributed by atoms with van der Waals surface area (Å²) in [5.41, 5.74) is 0.517. The Hall–Kier alpha value is -1.12. The minimum Gasteiger partial charge on any atom is -0.321 e. The molecule has 0 saturated carbocycles. The number of hydrogen-bond donors (Lipinski definition) is 1. The van der Waals surface area contributed by atoms with Crippen molar-refractivity contribution in [3.05, 3.63) is 56.5 Å². The maximum Gasteiger partial charge on any atom is 0.255 e. The number of halogens is 3. The molecular formula is C15H13BrCl2N2O3S.